The summed E-state index contributed by atoms with van der Waals surface area (Å²) in [6.07, 6.45) is -2.16. The van der Waals surface area contributed by atoms with Gasteiger partial charge in [-0.25, -0.2) is 17.6 Å². The van der Waals surface area contributed by atoms with Crippen molar-refractivity contribution in [1.82, 2.24) is 29.6 Å². The van der Waals surface area contributed by atoms with E-state index in [2.05, 4.69) is 10.6 Å². The molecular formula is C62H70Cl2F4N6O18P2. The highest BCUT2D eigenvalue weighted by Crippen LogP contribution is 2.49. The van der Waals surface area contributed by atoms with Gasteiger partial charge in [0.1, 0.15) is 60.7 Å². The fourth-order valence-corrected chi connectivity index (χ4v) is 11.4. The van der Waals surface area contributed by atoms with E-state index in [-0.39, 0.29) is 95.4 Å². The molecule has 4 aromatic carbocycles. The van der Waals surface area contributed by atoms with Gasteiger partial charge in [-0.15, -0.1) is 0 Å². The Hall–Kier alpha value is -7.68. The number of Topliss-reactive ketones (excluding diaryl/α,β-unsaturated/α-hetero) is 2. The monoisotopic (exact) mass is 1390 g/mol. The van der Waals surface area contributed by atoms with Crippen molar-refractivity contribution in [3.05, 3.63) is 129 Å². The molecule has 0 radical (unpaired) electrons. The number of esters is 2. The summed E-state index contributed by atoms with van der Waals surface area (Å²) in [7, 11) is -8.72. The van der Waals surface area contributed by atoms with E-state index >= 15 is 0 Å². The molecule has 0 saturated carbocycles. The van der Waals surface area contributed by atoms with E-state index < -0.39 is 130 Å². The van der Waals surface area contributed by atoms with Crippen LogP contribution in [0.4, 0.5) is 17.6 Å². The fourth-order valence-electron chi connectivity index (χ4n) is 9.78. The van der Waals surface area contributed by atoms with Gasteiger partial charge in [-0.2, -0.15) is 0 Å². The minimum Gasteiger partial charge on any atom is -0.481 e. The van der Waals surface area contributed by atoms with Crippen LogP contribution in [-0.2, 0) is 82.6 Å². The van der Waals surface area contributed by atoms with E-state index in [1.54, 1.807) is 47.6 Å². The fraction of sp³-hybridized carbons (Fsp3) is 0.419. The topological polar surface area (TPSA) is 307 Å². The number of fused-ring (bicyclic) bond motifs is 2. The number of benzene rings is 4. The van der Waals surface area contributed by atoms with Gasteiger partial charge in [0.25, 0.3) is 0 Å². The number of carbonyl (C=O) groups excluding carboxylic acids is 8. The van der Waals surface area contributed by atoms with Gasteiger partial charge in [-0.05, 0) is 91.8 Å². The minimum atomic E-state index is -4.45. The Kier molecular flexibility index (Phi) is 24.2. The third kappa shape index (κ3) is 19.3. The molecular weight excluding hydrogens is 1330 g/mol. The number of nitrogens with one attached hydrogen (secondary N) is 2. The molecule has 4 heterocycles. The van der Waals surface area contributed by atoms with Crippen LogP contribution in [0.5, 0.6) is 11.5 Å². The Morgan fingerprint density at radius 3 is 1.34 bits per heavy atom. The molecule has 4 N–H and O–H groups in total. The van der Waals surface area contributed by atoms with Crippen LogP contribution in [0.15, 0.2) is 85.2 Å². The summed E-state index contributed by atoms with van der Waals surface area (Å²) in [5.41, 5.74) is -0.265. The van der Waals surface area contributed by atoms with Crippen molar-refractivity contribution < 1.29 is 103 Å². The van der Waals surface area contributed by atoms with E-state index in [1.807, 2.05) is 0 Å². The van der Waals surface area contributed by atoms with Crippen LogP contribution < -0.4 is 20.1 Å². The standard InChI is InChI=1S/C37H45ClF2N3O11P.C25H25ClF2N3O7P/c1-22(44)27-17-42(18-31(45)43-16-24(39)13-30(43)33(46)41-15-23-9-8-10-28(38)32(23)40)29-14-25(11-12-26(27)29)52-21-55(49,53-19-50-34(47)36(2,3)4)54-20-51-35(48)37(5,6)7;1-14(32)19-11-30(21-8-17(5-6-18(19)21)38-13-39(35,36)37)12-23(33)31-10-16(27)7-22(31)25(34)29-9-15-3-2-4-20(26)24(15)28/h8-12,14,17,24,30H,13,15-16,18-21H2,1-7H3,(H,41,46);2-6,8,11,16,22H,7,9-10,12-13H2,1H3,(H,29,34)(H2,35,36,37)/t24-,30+;16-,22+/m11/s1. The van der Waals surface area contributed by atoms with E-state index in [4.69, 9.17) is 61.0 Å². The number of amides is 4. The van der Waals surface area contributed by atoms with Crippen LogP contribution in [0.2, 0.25) is 10.0 Å². The van der Waals surface area contributed by atoms with Gasteiger partial charge in [-0.1, -0.05) is 47.5 Å². The van der Waals surface area contributed by atoms with Gasteiger partial charge in [0.2, 0.25) is 37.2 Å². The molecule has 94 heavy (non-hydrogen) atoms. The Labute approximate surface area is 547 Å². The Morgan fingerprint density at radius 2 is 0.979 bits per heavy atom. The Balaban J connectivity index is 0.000000281. The number of hydrogen-bond donors (Lipinski definition) is 4. The summed E-state index contributed by atoms with van der Waals surface area (Å²) in [5.74, 6) is -5.65. The molecule has 2 saturated heterocycles. The van der Waals surface area contributed by atoms with Crippen LogP contribution in [-0.4, -0.2) is 140 Å². The normalized spacial score (nSPS) is 16.7. The summed E-state index contributed by atoms with van der Waals surface area (Å²) >= 11 is 11.6. The average molecular weight is 1400 g/mol. The zero-order valence-corrected chi connectivity index (χ0v) is 55.6. The van der Waals surface area contributed by atoms with E-state index in [0.717, 1.165) is 9.80 Å². The van der Waals surface area contributed by atoms with Crippen LogP contribution in [0.25, 0.3) is 21.8 Å². The van der Waals surface area contributed by atoms with Gasteiger partial charge in [0.05, 0.1) is 45.0 Å². The number of likely N-dealkylation sites (tertiary alicyclic amines) is 2. The first-order valence-electron chi connectivity index (χ1n) is 29.0. The lowest BCUT2D eigenvalue weighted by Gasteiger charge is -2.24. The molecule has 4 amide bonds. The van der Waals surface area contributed by atoms with Crippen molar-refractivity contribution in [2.75, 3.05) is 39.4 Å². The lowest BCUT2D eigenvalue weighted by molar-refractivity contribution is -0.162. The number of alkyl halides is 2. The predicted molar refractivity (Wildman–Crippen MR) is 334 cm³/mol. The van der Waals surface area contributed by atoms with Crippen molar-refractivity contribution in [2.24, 2.45) is 10.8 Å². The summed E-state index contributed by atoms with van der Waals surface area (Å²) in [5, 5.41) is 5.76. The maximum absolute atomic E-state index is 14.7. The number of rotatable bonds is 24. The number of carbonyl (C=O) groups is 8. The number of ether oxygens (including phenoxy) is 4. The first-order valence-corrected chi connectivity index (χ1v) is 33.3. The maximum Gasteiger partial charge on any atom is 0.373 e. The van der Waals surface area contributed by atoms with Crippen molar-refractivity contribution in [2.45, 2.75) is 119 Å². The number of aromatic nitrogens is 2. The first kappa shape index (κ1) is 73.7. The van der Waals surface area contributed by atoms with Crippen LogP contribution >= 0.6 is 38.4 Å². The first-order chi connectivity index (χ1) is 43.9. The molecule has 6 aromatic rings. The smallest absolute Gasteiger partial charge is 0.373 e. The molecule has 2 fully saturated rings. The molecule has 2 aliphatic rings. The Morgan fingerprint density at radius 1 is 0.596 bits per heavy atom. The summed E-state index contributed by atoms with van der Waals surface area (Å²) < 4.78 is 117. The molecule has 24 nitrogen and oxygen atoms in total. The lowest BCUT2D eigenvalue weighted by Crippen LogP contribution is -2.46. The number of hydrogen-bond acceptors (Lipinski definition) is 16. The largest absolute Gasteiger partial charge is 0.481 e. The number of halogens is 6. The Bertz CT molecular complexity index is 3950. The molecule has 0 unspecified atom stereocenters. The zero-order valence-electron chi connectivity index (χ0n) is 52.3. The molecule has 4 atom stereocenters. The van der Waals surface area contributed by atoms with Crippen LogP contribution in [0.3, 0.4) is 0 Å². The van der Waals surface area contributed by atoms with Gasteiger partial charge in [0, 0.05) is 83.5 Å². The van der Waals surface area contributed by atoms with Gasteiger partial charge in [0.15, 0.2) is 24.3 Å². The molecule has 0 aliphatic carbocycles. The highest BCUT2D eigenvalue weighted by molar-refractivity contribution is 7.53. The second kappa shape index (κ2) is 30.8. The third-order valence-electron chi connectivity index (χ3n) is 14.7. The maximum atomic E-state index is 14.7. The average Bonchev–Trinajstić information content (AvgIpc) is 1.63. The molecule has 508 valence electrons. The molecule has 0 bridgehead atoms. The summed E-state index contributed by atoms with van der Waals surface area (Å²) in [6, 6.07) is 15.2. The number of nitrogens with zero attached hydrogens (tertiary/aromatic N) is 4. The van der Waals surface area contributed by atoms with E-state index in [9.17, 15) is 65.0 Å². The lowest BCUT2D eigenvalue weighted by atomic mass is 9.98. The van der Waals surface area contributed by atoms with E-state index in [0.29, 0.717) is 27.4 Å². The van der Waals surface area contributed by atoms with Crippen molar-refractivity contribution in [3.63, 3.8) is 0 Å². The van der Waals surface area contributed by atoms with Crippen molar-refractivity contribution >= 4 is 107 Å². The minimum absolute atomic E-state index is 0.0932. The molecule has 0 spiro atoms. The SMILES string of the molecule is CC(=O)c1cn(CC(=O)N2C[C@H](F)C[C@H]2C(=O)NCc2cccc(Cl)c2F)c2cc(OCP(=O)(O)O)ccc12.CC(=O)c1cn(CC(=O)N2C[C@H](F)C[C@H]2C(=O)NCc2cccc(Cl)c2F)c2cc(OCP(=O)(OCOC(=O)C(C)(C)C)OCOC(=O)C(C)(C)C)ccc12. The van der Waals surface area contributed by atoms with Gasteiger partial charge < -0.3 is 58.3 Å². The third-order valence-corrected chi connectivity index (χ3v) is 17.2. The van der Waals surface area contributed by atoms with Crippen molar-refractivity contribution in [1.29, 1.82) is 0 Å². The predicted octanol–water partition coefficient (Wildman–Crippen LogP) is 9.95. The molecule has 2 aliphatic heterocycles. The molecule has 2 aromatic heterocycles. The molecule has 32 heteroatoms. The van der Waals surface area contributed by atoms with E-state index in [1.165, 1.54) is 102 Å². The van der Waals surface area contributed by atoms with Gasteiger partial charge >= 0.3 is 27.1 Å². The zero-order chi connectivity index (χ0) is 69.4. The molecule has 8 rings (SSSR count). The van der Waals surface area contributed by atoms with Crippen LogP contribution in [0.1, 0.15) is 100 Å². The second-order valence-electron chi connectivity index (χ2n) is 24.1. The summed E-state index contributed by atoms with van der Waals surface area (Å²) in [4.78, 5) is 123. The highest BCUT2D eigenvalue weighted by Gasteiger charge is 2.42. The van der Waals surface area contributed by atoms with Gasteiger partial charge in [-0.3, -0.25) is 56.5 Å². The van der Waals surface area contributed by atoms with Crippen molar-refractivity contribution in [3.8, 4) is 11.5 Å². The quantitative estimate of drug-likeness (QED) is 0.0144. The summed E-state index contributed by atoms with van der Waals surface area (Å²) in [6.45, 7) is 8.96. The number of ketones is 2. The van der Waals surface area contributed by atoms with Crippen LogP contribution in [0, 0.1) is 22.5 Å². The highest BCUT2D eigenvalue weighted by atomic mass is 35.5. The second-order valence-corrected chi connectivity index (χ2v) is 28.5.